The Kier molecular flexibility index (Phi) is 3.19. The second-order valence-electron chi connectivity index (χ2n) is 3.74. The van der Waals surface area contributed by atoms with Gasteiger partial charge in [0.05, 0.1) is 12.7 Å². The monoisotopic (exact) mass is 227 g/mol. The van der Waals surface area contributed by atoms with Crippen molar-refractivity contribution >= 4 is 5.97 Å². The summed E-state index contributed by atoms with van der Waals surface area (Å²) in [5.41, 5.74) is 3.33. The summed E-state index contributed by atoms with van der Waals surface area (Å²) in [6.07, 6.45) is 3.29. The molecule has 0 radical (unpaired) electrons. The maximum atomic E-state index is 11.7. The Morgan fingerprint density at radius 1 is 1.18 bits per heavy atom. The molecule has 3 nitrogen and oxygen atoms in total. The number of esters is 1. The van der Waals surface area contributed by atoms with E-state index in [1.165, 1.54) is 7.11 Å². The fourth-order valence-corrected chi connectivity index (χ4v) is 1.82. The van der Waals surface area contributed by atoms with Crippen LogP contribution in [-0.2, 0) is 4.74 Å². The molecular weight excluding hydrogens is 214 g/mol. The van der Waals surface area contributed by atoms with Crippen LogP contribution in [0.25, 0.3) is 11.1 Å². The molecule has 1 aromatic heterocycles. The van der Waals surface area contributed by atoms with Crippen LogP contribution in [0.2, 0.25) is 0 Å². The molecule has 0 saturated heterocycles. The highest BCUT2D eigenvalue weighted by molar-refractivity contribution is 5.97. The van der Waals surface area contributed by atoms with Crippen LogP contribution in [0.3, 0.4) is 0 Å². The molecule has 2 rings (SSSR count). The van der Waals surface area contributed by atoms with Crippen molar-refractivity contribution in [1.82, 2.24) is 4.98 Å². The van der Waals surface area contributed by atoms with E-state index in [4.69, 9.17) is 4.74 Å². The first-order valence-corrected chi connectivity index (χ1v) is 5.32. The predicted molar refractivity (Wildman–Crippen MR) is 65.7 cm³/mol. The molecule has 0 saturated carbocycles. The summed E-state index contributed by atoms with van der Waals surface area (Å²) in [6.45, 7) is 1.93. The average molecular weight is 227 g/mol. The van der Waals surface area contributed by atoms with Gasteiger partial charge in [0.15, 0.2) is 0 Å². The number of benzene rings is 1. The van der Waals surface area contributed by atoms with Crippen molar-refractivity contribution < 1.29 is 9.53 Å². The number of aryl methyl sites for hydroxylation is 1. The zero-order valence-corrected chi connectivity index (χ0v) is 9.81. The van der Waals surface area contributed by atoms with Gasteiger partial charge in [0.1, 0.15) is 0 Å². The Labute approximate surface area is 100 Å². The Morgan fingerprint density at radius 2 is 1.88 bits per heavy atom. The number of hydrogen-bond acceptors (Lipinski definition) is 3. The summed E-state index contributed by atoms with van der Waals surface area (Å²) in [4.78, 5) is 15.7. The number of aromatic nitrogens is 1. The Balaban J connectivity index is 2.64. The standard InChI is InChI=1S/C14H13NO2/c1-10-8-15-9-12(14(16)17-2)13(10)11-6-4-3-5-7-11/h3-9H,1-2H3. The number of nitrogens with zero attached hydrogens (tertiary/aromatic N) is 1. The zero-order chi connectivity index (χ0) is 12.3. The molecule has 2 aromatic rings. The third-order valence-electron chi connectivity index (χ3n) is 2.60. The molecule has 0 aliphatic rings. The van der Waals surface area contributed by atoms with E-state index >= 15 is 0 Å². The highest BCUT2D eigenvalue weighted by atomic mass is 16.5. The summed E-state index contributed by atoms with van der Waals surface area (Å²) in [5.74, 6) is -0.361. The molecule has 0 N–H and O–H groups in total. The van der Waals surface area contributed by atoms with Crippen molar-refractivity contribution in [2.45, 2.75) is 6.92 Å². The first-order chi connectivity index (χ1) is 8.24. The van der Waals surface area contributed by atoms with E-state index in [-0.39, 0.29) is 5.97 Å². The molecule has 0 aliphatic heterocycles. The molecule has 0 unspecified atom stereocenters. The predicted octanol–water partition coefficient (Wildman–Crippen LogP) is 2.84. The van der Waals surface area contributed by atoms with Crippen LogP contribution in [-0.4, -0.2) is 18.1 Å². The maximum absolute atomic E-state index is 11.7. The second-order valence-corrected chi connectivity index (χ2v) is 3.74. The normalized spacial score (nSPS) is 10.0. The van der Waals surface area contributed by atoms with Gasteiger partial charge in [-0.2, -0.15) is 0 Å². The van der Waals surface area contributed by atoms with Crippen LogP contribution in [0.15, 0.2) is 42.7 Å². The van der Waals surface area contributed by atoms with Crippen LogP contribution in [0.4, 0.5) is 0 Å². The van der Waals surface area contributed by atoms with E-state index in [1.54, 1.807) is 12.4 Å². The number of ether oxygens (including phenoxy) is 1. The highest BCUT2D eigenvalue weighted by Crippen LogP contribution is 2.26. The van der Waals surface area contributed by atoms with Crippen LogP contribution in [0.1, 0.15) is 15.9 Å². The van der Waals surface area contributed by atoms with Gasteiger partial charge in [-0.25, -0.2) is 4.79 Å². The van der Waals surface area contributed by atoms with Crippen molar-refractivity contribution in [2.75, 3.05) is 7.11 Å². The fraction of sp³-hybridized carbons (Fsp3) is 0.143. The van der Waals surface area contributed by atoms with Gasteiger partial charge < -0.3 is 4.74 Å². The van der Waals surface area contributed by atoms with E-state index in [0.29, 0.717) is 5.56 Å². The maximum Gasteiger partial charge on any atom is 0.340 e. The Morgan fingerprint density at radius 3 is 2.53 bits per heavy atom. The number of rotatable bonds is 2. The number of hydrogen-bond donors (Lipinski definition) is 0. The van der Waals surface area contributed by atoms with Gasteiger partial charge in [-0.15, -0.1) is 0 Å². The second kappa shape index (κ2) is 4.78. The lowest BCUT2D eigenvalue weighted by Gasteiger charge is -2.10. The van der Waals surface area contributed by atoms with Crippen LogP contribution >= 0.6 is 0 Å². The van der Waals surface area contributed by atoms with E-state index in [9.17, 15) is 4.79 Å². The number of carbonyl (C=O) groups excluding carboxylic acids is 1. The van der Waals surface area contributed by atoms with Gasteiger partial charge in [0.25, 0.3) is 0 Å². The van der Waals surface area contributed by atoms with Crippen molar-refractivity contribution in [3.05, 3.63) is 53.9 Å². The van der Waals surface area contributed by atoms with Crippen molar-refractivity contribution in [3.63, 3.8) is 0 Å². The molecule has 0 fully saturated rings. The van der Waals surface area contributed by atoms with E-state index in [2.05, 4.69) is 4.98 Å². The van der Waals surface area contributed by atoms with Crippen LogP contribution in [0, 0.1) is 6.92 Å². The lowest BCUT2D eigenvalue weighted by atomic mass is 9.97. The summed E-state index contributed by atoms with van der Waals surface area (Å²) in [7, 11) is 1.37. The third-order valence-corrected chi connectivity index (χ3v) is 2.60. The molecule has 0 spiro atoms. The third kappa shape index (κ3) is 2.18. The van der Waals surface area contributed by atoms with E-state index in [0.717, 1.165) is 16.7 Å². The minimum Gasteiger partial charge on any atom is -0.465 e. The summed E-state index contributed by atoms with van der Waals surface area (Å²) in [6, 6.07) is 9.76. The summed E-state index contributed by atoms with van der Waals surface area (Å²) in [5, 5.41) is 0. The van der Waals surface area contributed by atoms with Gasteiger partial charge in [0, 0.05) is 18.0 Å². The lowest BCUT2D eigenvalue weighted by Crippen LogP contribution is -2.05. The molecule has 0 bridgehead atoms. The molecule has 1 aromatic carbocycles. The molecule has 86 valence electrons. The molecule has 0 aliphatic carbocycles. The first kappa shape index (κ1) is 11.3. The van der Waals surface area contributed by atoms with Crippen LogP contribution in [0.5, 0.6) is 0 Å². The first-order valence-electron chi connectivity index (χ1n) is 5.32. The van der Waals surface area contributed by atoms with Crippen molar-refractivity contribution in [3.8, 4) is 11.1 Å². The molecule has 3 heteroatoms. The fourth-order valence-electron chi connectivity index (χ4n) is 1.82. The van der Waals surface area contributed by atoms with Crippen molar-refractivity contribution in [2.24, 2.45) is 0 Å². The van der Waals surface area contributed by atoms with Gasteiger partial charge in [0.2, 0.25) is 0 Å². The summed E-state index contributed by atoms with van der Waals surface area (Å²) >= 11 is 0. The number of carbonyl (C=O) groups is 1. The largest absolute Gasteiger partial charge is 0.465 e. The van der Waals surface area contributed by atoms with Gasteiger partial charge in [-0.1, -0.05) is 30.3 Å². The molecule has 0 amide bonds. The lowest BCUT2D eigenvalue weighted by molar-refractivity contribution is 0.0601. The van der Waals surface area contributed by atoms with Crippen molar-refractivity contribution in [1.29, 1.82) is 0 Å². The number of pyridine rings is 1. The molecule has 1 heterocycles. The Bertz CT molecular complexity index is 535. The minimum absolute atomic E-state index is 0.361. The van der Waals surface area contributed by atoms with Gasteiger partial charge in [-0.05, 0) is 18.1 Å². The average Bonchev–Trinajstić information content (AvgIpc) is 2.38. The molecule has 17 heavy (non-hydrogen) atoms. The highest BCUT2D eigenvalue weighted by Gasteiger charge is 2.15. The number of methoxy groups -OCH3 is 1. The zero-order valence-electron chi connectivity index (χ0n) is 9.81. The minimum atomic E-state index is -0.361. The SMILES string of the molecule is COC(=O)c1cncc(C)c1-c1ccccc1. The Hall–Kier alpha value is -2.16. The molecular formula is C14H13NO2. The van der Waals surface area contributed by atoms with E-state index in [1.807, 2.05) is 37.3 Å². The molecule has 0 atom stereocenters. The van der Waals surface area contributed by atoms with Gasteiger partial charge >= 0.3 is 5.97 Å². The van der Waals surface area contributed by atoms with Crippen LogP contribution < -0.4 is 0 Å². The van der Waals surface area contributed by atoms with E-state index < -0.39 is 0 Å². The quantitative estimate of drug-likeness (QED) is 0.740. The smallest absolute Gasteiger partial charge is 0.340 e. The topological polar surface area (TPSA) is 39.2 Å². The van der Waals surface area contributed by atoms with Gasteiger partial charge in [-0.3, -0.25) is 4.98 Å². The summed E-state index contributed by atoms with van der Waals surface area (Å²) < 4.78 is 4.77.